The molecule has 0 aromatic heterocycles. The predicted octanol–water partition coefficient (Wildman–Crippen LogP) is 3.42. The maximum Gasteiger partial charge on any atom is 0.255 e. The fourth-order valence-corrected chi connectivity index (χ4v) is 1.87. The maximum atomic E-state index is 13.1. The number of hydrogen-bond donors (Lipinski definition) is 2. The van der Waals surface area contributed by atoms with Crippen molar-refractivity contribution in [1.29, 1.82) is 0 Å². The molecular weight excluding hydrogens is 262 g/mol. The first kappa shape index (κ1) is 14.0. The predicted molar refractivity (Wildman–Crippen MR) is 74.6 cm³/mol. The van der Waals surface area contributed by atoms with Crippen LogP contribution in [0.3, 0.4) is 0 Å². The van der Waals surface area contributed by atoms with Crippen molar-refractivity contribution in [2.24, 2.45) is 0 Å². The molecule has 1 amide bonds. The first-order valence-corrected chi connectivity index (χ1v) is 6.01. The monoisotopic (exact) mass is 276 g/mol. The van der Waals surface area contributed by atoms with Crippen LogP contribution in [0.15, 0.2) is 30.3 Å². The van der Waals surface area contributed by atoms with Crippen LogP contribution < -0.4 is 11.1 Å². The van der Waals surface area contributed by atoms with Gasteiger partial charge in [-0.2, -0.15) is 0 Å². The molecule has 104 valence electrons. The Labute approximate surface area is 115 Å². The summed E-state index contributed by atoms with van der Waals surface area (Å²) in [7, 11) is 0. The molecule has 0 spiro atoms. The fraction of sp³-hybridized carbons (Fsp3) is 0.133. The van der Waals surface area contributed by atoms with Crippen molar-refractivity contribution in [1.82, 2.24) is 0 Å². The Morgan fingerprint density at radius 3 is 2.30 bits per heavy atom. The summed E-state index contributed by atoms with van der Waals surface area (Å²) in [5.74, 6) is -2.21. The minimum atomic E-state index is -0.802. The maximum absolute atomic E-state index is 13.1. The molecule has 0 saturated carbocycles. The number of amides is 1. The summed E-state index contributed by atoms with van der Waals surface area (Å²) in [5, 5.41) is 2.59. The highest BCUT2D eigenvalue weighted by atomic mass is 19.1. The Morgan fingerprint density at radius 1 is 1.10 bits per heavy atom. The minimum Gasteiger partial charge on any atom is -0.397 e. The number of nitrogens with one attached hydrogen (secondary N) is 1. The second-order valence-electron chi connectivity index (χ2n) is 4.58. The van der Waals surface area contributed by atoms with E-state index in [9.17, 15) is 13.6 Å². The second-order valence-corrected chi connectivity index (χ2v) is 4.58. The molecule has 3 nitrogen and oxygen atoms in total. The van der Waals surface area contributed by atoms with Crippen LogP contribution in [0.4, 0.5) is 20.2 Å². The van der Waals surface area contributed by atoms with E-state index in [1.54, 1.807) is 6.07 Å². The molecule has 3 N–H and O–H groups in total. The van der Waals surface area contributed by atoms with E-state index in [1.807, 2.05) is 19.9 Å². The van der Waals surface area contributed by atoms with E-state index in [0.29, 0.717) is 17.4 Å². The van der Waals surface area contributed by atoms with Gasteiger partial charge in [-0.25, -0.2) is 8.78 Å². The topological polar surface area (TPSA) is 55.1 Å². The first-order valence-electron chi connectivity index (χ1n) is 6.01. The molecule has 2 aromatic rings. The number of benzene rings is 2. The van der Waals surface area contributed by atoms with Gasteiger partial charge in [0.2, 0.25) is 0 Å². The van der Waals surface area contributed by atoms with Gasteiger partial charge in [0, 0.05) is 11.6 Å². The van der Waals surface area contributed by atoms with Gasteiger partial charge in [0.25, 0.3) is 5.91 Å². The Morgan fingerprint density at radius 2 is 1.70 bits per heavy atom. The molecule has 5 heteroatoms. The molecule has 0 aliphatic carbocycles. The third kappa shape index (κ3) is 2.77. The zero-order valence-corrected chi connectivity index (χ0v) is 11.1. The lowest BCUT2D eigenvalue weighted by atomic mass is 10.1. The molecular formula is C15H14F2N2O. The van der Waals surface area contributed by atoms with Crippen LogP contribution in [0.1, 0.15) is 21.5 Å². The highest BCUT2D eigenvalue weighted by molar-refractivity contribution is 6.06. The van der Waals surface area contributed by atoms with E-state index >= 15 is 0 Å². The number of anilines is 2. The number of carbonyl (C=O) groups is 1. The van der Waals surface area contributed by atoms with Gasteiger partial charge in [-0.15, -0.1) is 0 Å². The number of carbonyl (C=O) groups excluding carboxylic acids is 1. The van der Waals surface area contributed by atoms with Crippen LogP contribution in [-0.4, -0.2) is 5.91 Å². The van der Waals surface area contributed by atoms with Crippen molar-refractivity contribution in [3.8, 4) is 0 Å². The van der Waals surface area contributed by atoms with Gasteiger partial charge in [0.05, 0.1) is 11.4 Å². The van der Waals surface area contributed by atoms with Crippen molar-refractivity contribution in [3.63, 3.8) is 0 Å². The minimum absolute atomic E-state index is 0.0946. The van der Waals surface area contributed by atoms with Crippen molar-refractivity contribution in [2.75, 3.05) is 11.1 Å². The average molecular weight is 276 g/mol. The van der Waals surface area contributed by atoms with Crippen LogP contribution in [0.2, 0.25) is 0 Å². The van der Waals surface area contributed by atoms with Gasteiger partial charge in [0.1, 0.15) is 11.6 Å². The average Bonchev–Trinajstić information content (AvgIpc) is 2.38. The molecule has 20 heavy (non-hydrogen) atoms. The van der Waals surface area contributed by atoms with E-state index in [0.717, 1.165) is 23.3 Å². The van der Waals surface area contributed by atoms with Crippen LogP contribution in [0.25, 0.3) is 0 Å². The molecule has 0 saturated heterocycles. The zero-order valence-electron chi connectivity index (χ0n) is 11.1. The number of halogens is 2. The van der Waals surface area contributed by atoms with Crippen molar-refractivity contribution >= 4 is 17.3 Å². The largest absolute Gasteiger partial charge is 0.397 e. The Bertz CT molecular complexity index is 664. The molecule has 0 fully saturated rings. The SMILES string of the molecule is Cc1ccc(N)c(NC(=O)c2cc(F)cc(F)c2)c1C. The van der Waals surface area contributed by atoms with Gasteiger partial charge >= 0.3 is 0 Å². The van der Waals surface area contributed by atoms with E-state index in [-0.39, 0.29) is 5.56 Å². The van der Waals surface area contributed by atoms with Gasteiger partial charge in [-0.05, 0) is 43.2 Å². The van der Waals surface area contributed by atoms with Gasteiger partial charge in [-0.1, -0.05) is 6.07 Å². The number of nitrogen functional groups attached to an aromatic ring is 1. The normalized spacial score (nSPS) is 10.4. The van der Waals surface area contributed by atoms with Crippen molar-refractivity contribution in [2.45, 2.75) is 13.8 Å². The van der Waals surface area contributed by atoms with Crippen LogP contribution >= 0.6 is 0 Å². The summed E-state index contributed by atoms with van der Waals surface area (Å²) in [4.78, 5) is 12.0. The quantitative estimate of drug-likeness (QED) is 0.826. The van der Waals surface area contributed by atoms with Crippen LogP contribution in [0, 0.1) is 25.5 Å². The lowest BCUT2D eigenvalue weighted by molar-refractivity contribution is 0.102. The highest BCUT2D eigenvalue weighted by Crippen LogP contribution is 2.26. The number of nitrogens with two attached hydrogens (primary N) is 1. The van der Waals surface area contributed by atoms with Gasteiger partial charge in [0.15, 0.2) is 0 Å². The van der Waals surface area contributed by atoms with E-state index in [4.69, 9.17) is 5.73 Å². The van der Waals surface area contributed by atoms with Crippen molar-refractivity contribution in [3.05, 3.63) is 58.7 Å². The Kier molecular flexibility index (Phi) is 3.70. The molecule has 0 unspecified atom stereocenters. The van der Waals surface area contributed by atoms with Gasteiger partial charge in [-0.3, -0.25) is 4.79 Å². The number of rotatable bonds is 2. The molecule has 0 aliphatic rings. The second kappa shape index (κ2) is 5.28. The summed E-state index contributed by atoms with van der Waals surface area (Å²) >= 11 is 0. The molecule has 0 bridgehead atoms. The van der Waals surface area contributed by atoms with E-state index in [2.05, 4.69) is 5.32 Å². The lowest BCUT2D eigenvalue weighted by Gasteiger charge is -2.13. The van der Waals surface area contributed by atoms with E-state index < -0.39 is 17.5 Å². The smallest absolute Gasteiger partial charge is 0.255 e. The fourth-order valence-electron chi connectivity index (χ4n) is 1.87. The summed E-state index contributed by atoms with van der Waals surface area (Å²) in [6.07, 6.45) is 0. The molecule has 0 atom stereocenters. The van der Waals surface area contributed by atoms with Gasteiger partial charge < -0.3 is 11.1 Å². The summed E-state index contributed by atoms with van der Waals surface area (Å²) in [6, 6.07) is 6.16. The standard InChI is InChI=1S/C15H14F2N2O/c1-8-3-4-13(18)14(9(8)2)19-15(20)10-5-11(16)7-12(17)6-10/h3-7H,18H2,1-2H3,(H,19,20). The van der Waals surface area contributed by atoms with E-state index in [1.165, 1.54) is 0 Å². The summed E-state index contributed by atoms with van der Waals surface area (Å²) in [5.41, 5.74) is 8.35. The highest BCUT2D eigenvalue weighted by Gasteiger charge is 2.13. The third-order valence-electron chi connectivity index (χ3n) is 3.13. The Balaban J connectivity index is 2.35. The molecule has 0 heterocycles. The summed E-state index contributed by atoms with van der Waals surface area (Å²) in [6.45, 7) is 3.69. The molecule has 0 radical (unpaired) electrons. The third-order valence-corrected chi connectivity index (χ3v) is 3.13. The first-order chi connectivity index (χ1) is 9.38. The number of hydrogen-bond acceptors (Lipinski definition) is 2. The van der Waals surface area contributed by atoms with Crippen LogP contribution in [-0.2, 0) is 0 Å². The van der Waals surface area contributed by atoms with Crippen molar-refractivity contribution < 1.29 is 13.6 Å². The molecule has 2 rings (SSSR count). The van der Waals surface area contributed by atoms with Crippen LogP contribution in [0.5, 0.6) is 0 Å². The molecule has 0 aliphatic heterocycles. The molecule has 2 aromatic carbocycles. The zero-order chi connectivity index (χ0) is 14.9. The number of aryl methyl sites for hydroxylation is 1. The Hall–Kier alpha value is -2.43. The lowest BCUT2D eigenvalue weighted by Crippen LogP contribution is -2.15. The summed E-state index contributed by atoms with van der Waals surface area (Å²) < 4.78 is 26.2.